The highest BCUT2D eigenvalue weighted by atomic mass is 16.2. The predicted octanol–water partition coefficient (Wildman–Crippen LogP) is -0.206. The highest BCUT2D eigenvalue weighted by Crippen LogP contribution is 2.34. The third-order valence-corrected chi connectivity index (χ3v) is 3.51. The molecule has 1 aliphatic rings. The number of aromatic nitrogens is 2. The van der Waals surface area contributed by atoms with Crippen LogP contribution in [0.5, 0.6) is 0 Å². The lowest BCUT2D eigenvalue weighted by Gasteiger charge is -2.25. The molecule has 0 saturated heterocycles. The third-order valence-electron chi connectivity index (χ3n) is 3.51. The number of amides is 1. The number of nitrogens with one attached hydrogen (secondary N) is 1. The molecule has 1 saturated carbocycles. The summed E-state index contributed by atoms with van der Waals surface area (Å²) in [6, 6.07) is 1.44. The molecule has 6 heteroatoms. The van der Waals surface area contributed by atoms with Crippen LogP contribution in [0.2, 0.25) is 0 Å². The average Bonchev–Trinajstić information content (AvgIpc) is 3.14. The molecule has 98 valence electrons. The van der Waals surface area contributed by atoms with Gasteiger partial charge in [-0.15, -0.1) is 0 Å². The Balaban J connectivity index is 2.06. The number of carbonyl (C=O) groups excluding carboxylic acids is 1. The number of H-pyrrole nitrogens is 1. The van der Waals surface area contributed by atoms with Crippen LogP contribution >= 0.6 is 0 Å². The van der Waals surface area contributed by atoms with Crippen LogP contribution in [0, 0.1) is 5.92 Å². The monoisotopic (exact) mass is 251 g/mol. The van der Waals surface area contributed by atoms with E-state index in [1.165, 1.54) is 16.8 Å². The van der Waals surface area contributed by atoms with Crippen LogP contribution in [0.1, 0.15) is 19.8 Å². The van der Waals surface area contributed by atoms with Gasteiger partial charge < -0.3 is 4.90 Å². The van der Waals surface area contributed by atoms with Crippen molar-refractivity contribution in [3.8, 4) is 0 Å². The van der Waals surface area contributed by atoms with Crippen molar-refractivity contribution in [3.63, 3.8) is 0 Å². The molecule has 1 aromatic heterocycles. The highest BCUT2D eigenvalue weighted by molar-refractivity contribution is 5.76. The Bertz CT molecular complexity index is 556. The first-order chi connectivity index (χ1) is 8.49. The van der Waals surface area contributed by atoms with Crippen molar-refractivity contribution in [3.05, 3.63) is 33.1 Å². The minimum atomic E-state index is -0.552. The van der Waals surface area contributed by atoms with Crippen molar-refractivity contribution >= 4 is 5.91 Å². The molecule has 2 rings (SSSR count). The smallest absolute Gasteiger partial charge is 0.328 e. The minimum Gasteiger partial charge on any atom is -0.341 e. The number of carbonyl (C=O) groups is 1. The summed E-state index contributed by atoms with van der Waals surface area (Å²) in [7, 11) is 1.75. The van der Waals surface area contributed by atoms with E-state index >= 15 is 0 Å². The number of aromatic amines is 1. The lowest BCUT2D eigenvalue weighted by Crippen LogP contribution is -2.41. The van der Waals surface area contributed by atoms with Crippen molar-refractivity contribution < 1.29 is 4.79 Å². The predicted molar refractivity (Wildman–Crippen MR) is 66.3 cm³/mol. The first kappa shape index (κ1) is 12.6. The fourth-order valence-corrected chi connectivity index (χ4v) is 1.95. The molecule has 1 N–H and O–H groups in total. The van der Waals surface area contributed by atoms with E-state index in [4.69, 9.17) is 0 Å². The molecular formula is C12H17N3O3. The molecule has 6 nitrogen and oxygen atoms in total. The first-order valence-corrected chi connectivity index (χ1v) is 6.04. The second kappa shape index (κ2) is 4.80. The average molecular weight is 251 g/mol. The molecule has 0 bridgehead atoms. The number of likely N-dealkylation sites (N-methyl/N-ethyl adjacent to an activating group) is 1. The molecule has 0 spiro atoms. The Hall–Kier alpha value is -1.85. The van der Waals surface area contributed by atoms with E-state index in [2.05, 4.69) is 4.98 Å². The van der Waals surface area contributed by atoms with Gasteiger partial charge in [0.05, 0.1) is 0 Å². The van der Waals surface area contributed by atoms with E-state index in [0.717, 1.165) is 12.8 Å². The fourth-order valence-electron chi connectivity index (χ4n) is 1.95. The van der Waals surface area contributed by atoms with Crippen LogP contribution in [-0.4, -0.2) is 33.4 Å². The summed E-state index contributed by atoms with van der Waals surface area (Å²) >= 11 is 0. The lowest BCUT2D eigenvalue weighted by molar-refractivity contribution is -0.132. The second-order valence-corrected chi connectivity index (χ2v) is 4.82. The van der Waals surface area contributed by atoms with E-state index in [1.807, 2.05) is 6.92 Å². The van der Waals surface area contributed by atoms with Gasteiger partial charge in [0.1, 0.15) is 6.54 Å². The molecule has 1 fully saturated rings. The van der Waals surface area contributed by atoms with Crippen LogP contribution in [0.4, 0.5) is 0 Å². The maximum absolute atomic E-state index is 12.0. The van der Waals surface area contributed by atoms with Gasteiger partial charge in [0.2, 0.25) is 5.91 Å². The van der Waals surface area contributed by atoms with Crippen LogP contribution < -0.4 is 11.2 Å². The third kappa shape index (κ3) is 2.69. The quantitative estimate of drug-likeness (QED) is 0.804. The van der Waals surface area contributed by atoms with Crippen molar-refractivity contribution in [1.82, 2.24) is 14.5 Å². The number of hydrogen-bond acceptors (Lipinski definition) is 3. The summed E-state index contributed by atoms with van der Waals surface area (Å²) in [5.41, 5.74) is -1.01. The van der Waals surface area contributed by atoms with Gasteiger partial charge in [-0.05, 0) is 25.7 Å². The van der Waals surface area contributed by atoms with Gasteiger partial charge in [0.15, 0.2) is 0 Å². The number of hydrogen-bond donors (Lipinski definition) is 1. The van der Waals surface area contributed by atoms with E-state index in [-0.39, 0.29) is 18.5 Å². The van der Waals surface area contributed by atoms with Crippen molar-refractivity contribution in [2.24, 2.45) is 5.92 Å². The van der Waals surface area contributed by atoms with Gasteiger partial charge >= 0.3 is 5.69 Å². The van der Waals surface area contributed by atoms with Crippen molar-refractivity contribution in [2.45, 2.75) is 32.4 Å². The van der Waals surface area contributed by atoms with Crippen LogP contribution in [-0.2, 0) is 11.3 Å². The zero-order valence-electron chi connectivity index (χ0n) is 10.5. The summed E-state index contributed by atoms with van der Waals surface area (Å²) in [5.74, 6) is 0.467. The summed E-state index contributed by atoms with van der Waals surface area (Å²) in [6.07, 6.45) is 3.67. The Labute approximate surface area is 104 Å². The Morgan fingerprint density at radius 1 is 1.56 bits per heavy atom. The summed E-state index contributed by atoms with van der Waals surface area (Å²) in [6.45, 7) is 1.98. The standard InChI is InChI=1S/C12H17N3O3/c1-8(9-3-4-9)14(2)11(17)7-15-6-5-10(16)13-12(15)18/h5-6,8-9H,3-4,7H2,1-2H3,(H,13,16,18). The molecule has 1 heterocycles. The second-order valence-electron chi connectivity index (χ2n) is 4.82. The number of nitrogens with zero attached hydrogens (tertiary/aromatic N) is 2. The lowest BCUT2D eigenvalue weighted by atomic mass is 10.2. The van der Waals surface area contributed by atoms with Gasteiger partial charge in [0.25, 0.3) is 5.56 Å². The molecule has 1 amide bonds. The Kier molecular flexibility index (Phi) is 3.36. The normalized spacial score (nSPS) is 16.3. The van der Waals surface area contributed by atoms with E-state index in [1.54, 1.807) is 11.9 Å². The zero-order valence-corrected chi connectivity index (χ0v) is 10.5. The van der Waals surface area contributed by atoms with E-state index < -0.39 is 11.2 Å². The van der Waals surface area contributed by atoms with Crippen molar-refractivity contribution in [2.75, 3.05) is 7.05 Å². The molecule has 0 aromatic carbocycles. The molecule has 1 unspecified atom stereocenters. The SMILES string of the molecule is CC(C1CC1)N(C)C(=O)Cn1ccc(=O)[nH]c1=O. The highest BCUT2D eigenvalue weighted by Gasteiger charge is 2.32. The Morgan fingerprint density at radius 2 is 2.22 bits per heavy atom. The zero-order chi connectivity index (χ0) is 13.3. The molecular weight excluding hydrogens is 234 g/mol. The van der Waals surface area contributed by atoms with Gasteiger partial charge in [-0.25, -0.2) is 4.79 Å². The molecule has 1 aliphatic carbocycles. The van der Waals surface area contributed by atoms with Crippen LogP contribution in [0.15, 0.2) is 21.9 Å². The molecule has 0 radical (unpaired) electrons. The Morgan fingerprint density at radius 3 is 2.78 bits per heavy atom. The molecule has 0 aliphatic heterocycles. The number of rotatable bonds is 4. The van der Waals surface area contributed by atoms with Crippen LogP contribution in [0.3, 0.4) is 0 Å². The van der Waals surface area contributed by atoms with Gasteiger partial charge in [-0.3, -0.25) is 19.1 Å². The van der Waals surface area contributed by atoms with Crippen molar-refractivity contribution in [1.29, 1.82) is 0 Å². The molecule has 1 aromatic rings. The van der Waals surface area contributed by atoms with Gasteiger partial charge in [-0.2, -0.15) is 0 Å². The molecule has 18 heavy (non-hydrogen) atoms. The molecule has 1 atom stereocenters. The van der Waals surface area contributed by atoms with Crippen LogP contribution in [0.25, 0.3) is 0 Å². The first-order valence-electron chi connectivity index (χ1n) is 6.04. The maximum atomic E-state index is 12.0. The summed E-state index contributed by atoms with van der Waals surface area (Å²) in [5, 5.41) is 0. The summed E-state index contributed by atoms with van der Waals surface area (Å²) in [4.78, 5) is 38.2. The van der Waals surface area contributed by atoms with Gasteiger partial charge in [0, 0.05) is 25.4 Å². The summed E-state index contributed by atoms with van der Waals surface area (Å²) < 4.78 is 1.21. The van der Waals surface area contributed by atoms with E-state index in [9.17, 15) is 14.4 Å². The minimum absolute atomic E-state index is 0.0385. The maximum Gasteiger partial charge on any atom is 0.328 e. The fraction of sp³-hybridized carbons (Fsp3) is 0.583. The van der Waals surface area contributed by atoms with E-state index in [0.29, 0.717) is 5.92 Å². The topological polar surface area (TPSA) is 75.2 Å². The largest absolute Gasteiger partial charge is 0.341 e. The van der Waals surface area contributed by atoms with Gasteiger partial charge in [-0.1, -0.05) is 0 Å².